The molecule has 1 aromatic carbocycles. The molecule has 0 bridgehead atoms. The van der Waals surface area contributed by atoms with Crippen molar-refractivity contribution in [1.82, 2.24) is 0 Å². The normalized spacial score (nSPS) is 10.4. The first-order chi connectivity index (χ1) is 6.79. The van der Waals surface area contributed by atoms with Crippen LogP contribution in [-0.4, -0.2) is 0 Å². The molecule has 1 nitrogen and oxygen atoms in total. The van der Waals surface area contributed by atoms with Gasteiger partial charge in [0.1, 0.15) is 11.5 Å². The van der Waals surface area contributed by atoms with Crippen LogP contribution in [0.1, 0.15) is 5.76 Å². The van der Waals surface area contributed by atoms with Gasteiger partial charge in [0.15, 0.2) is 0 Å². The smallest absolute Gasteiger partial charge is 0.134 e. The number of halogens is 2. The molecule has 2 rings (SSSR count). The van der Waals surface area contributed by atoms with Crippen molar-refractivity contribution in [2.45, 2.75) is 4.43 Å². The lowest BCUT2D eigenvalue weighted by Crippen LogP contribution is -1.72. The van der Waals surface area contributed by atoms with Crippen molar-refractivity contribution < 1.29 is 4.42 Å². The second-order valence-corrected chi connectivity index (χ2v) is 4.58. The zero-order valence-corrected chi connectivity index (χ0v) is 11.1. The van der Waals surface area contributed by atoms with Crippen molar-refractivity contribution in [3.05, 3.63) is 46.6 Å². The summed E-state index contributed by atoms with van der Waals surface area (Å²) >= 11 is 5.70. The zero-order chi connectivity index (χ0) is 9.97. The molecule has 72 valence electrons. The van der Waals surface area contributed by atoms with E-state index in [0.717, 1.165) is 26.0 Å². The van der Waals surface area contributed by atoms with Crippen LogP contribution in [0, 0.1) is 0 Å². The van der Waals surface area contributed by atoms with Gasteiger partial charge in [-0.2, -0.15) is 0 Å². The molecule has 1 aromatic heterocycles. The van der Waals surface area contributed by atoms with Crippen LogP contribution in [0.15, 0.2) is 45.3 Å². The maximum absolute atomic E-state index is 5.64. The standard InChI is InChI=1S/C11H8BrIO/c12-9-3-1-8(2-4-9)11-6-5-10(7-13)14-11/h1-6H,7H2. The molecule has 0 atom stereocenters. The SMILES string of the molecule is Brc1ccc(-c2ccc(CI)o2)cc1. The summed E-state index contributed by atoms with van der Waals surface area (Å²) in [7, 11) is 0. The minimum Gasteiger partial charge on any atom is -0.460 e. The summed E-state index contributed by atoms with van der Waals surface area (Å²) in [5.41, 5.74) is 1.12. The average molecular weight is 363 g/mol. The Morgan fingerprint density at radius 1 is 1.07 bits per heavy atom. The van der Waals surface area contributed by atoms with Gasteiger partial charge in [-0.3, -0.25) is 0 Å². The Labute approximate surface area is 105 Å². The Morgan fingerprint density at radius 2 is 1.79 bits per heavy atom. The topological polar surface area (TPSA) is 13.1 Å². The van der Waals surface area contributed by atoms with Gasteiger partial charge in [-0.15, -0.1) is 0 Å². The number of hydrogen-bond donors (Lipinski definition) is 0. The summed E-state index contributed by atoms with van der Waals surface area (Å²) in [5, 5.41) is 0. The highest BCUT2D eigenvalue weighted by atomic mass is 127. The van der Waals surface area contributed by atoms with Gasteiger partial charge < -0.3 is 4.42 Å². The fraction of sp³-hybridized carbons (Fsp3) is 0.0909. The van der Waals surface area contributed by atoms with Crippen molar-refractivity contribution in [3.63, 3.8) is 0 Å². The lowest BCUT2D eigenvalue weighted by Gasteiger charge is -1.96. The van der Waals surface area contributed by atoms with E-state index in [2.05, 4.69) is 38.5 Å². The predicted octanol–water partition coefficient (Wildman–Crippen LogP) is 4.64. The summed E-state index contributed by atoms with van der Waals surface area (Å²) in [6, 6.07) is 12.1. The molecule has 0 aliphatic heterocycles. The highest BCUT2D eigenvalue weighted by Gasteiger charge is 2.02. The third kappa shape index (κ3) is 2.20. The quantitative estimate of drug-likeness (QED) is 0.560. The lowest BCUT2D eigenvalue weighted by molar-refractivity contribution is 0.547. The van der Waals surface area contributed by atoms with Crippen molar-refractivity contribution in [3.8, 4) is 11.3 Å². The minimum atomic E-state index is 0.911. The van der Waals surface area contributed by atoms with Crippen LogP contribution in [0.2, 0.25) is 0 Å². The molecular weight excluding hydrogens is 355 g/mol. The van der Waals surface area contributed by atoms with Gasteiger partial charge in [-0.1, -0.05) is 50.7 Å². The van der Waals surface area contributed by atoms with Crippen LogP contribution < -0.4 is 0 Å². The van der Waals surface area contributed by atoms with Gasteiger partial charge >= 0.3 is 0 Å². The second-order valence-electron chi connectivity index (χ2n) is 2.91. The van der Waals surface area contributed by atoms with Crippen LogP contribution in [0.25, 0.3) is 11.3 Å². The van der Waals surface area contributed by atoms with Gasteiger partial charge in [0.25, 0.3) is 0 Å². The zero-order valence-electron chi connectivity index (χ0n) is 7.34. The maximum atomic E-state index is 5.64. The van der Waals surface area contributed by atoms with E-state index >= 15 is 0 Å². The highest BCUT2D eigenvalue weighted by Crippen LogP contribution is 2.24. The summed E-state index contributed by atoms with van der Waals surface area (Å²) in [6.07, 6.45) is 0. The largest absolute Gasteiger partial charge is 0.460 e. The minimum absolute atomic E-state index is 0.911. The number of rotatable bonds is 2. The molecule has 0 saturated carbocycles. The summed E-state index contributed by atoms with van der Waals surface area (Å²) in [6.45, 7) is 0. The van der Waals surface area contributed by atoms with Crippen LogP contribution >= 0.6 is 38.5 Å². The fourth-order valence-corrected chi connectivity index (χ4v) is 1.89. The van der Waals surface area contributed by atoms with Crippen molar-refractivity contribution in [2.24, 2.45) is 0 Å². The molecule has 0 aliphatic rings. The highest BCUT2D eigenvalue weighted by molar-refractivity contribution is 14.1. The van der Waals surface area contributed by atoms with E-state index < -0.39 is 0 Å². The molecule has 0 N–H and O–H groups in total. The van der Waals surface area contributed by atoms with Crippen LogP contribution in [0.4, 0.5) is 0 Å². The van der Waals surface area contributed by atoms with E-state index in [0.29, 0.717) is 0 Å². The van der Waals surface area contributed by atoms with Crippen molar-refractivity contribution in [1.29, 1.82) is 0 Å². The molecule has 2 aromatic rings. The number of furan rings is 1. The third-order valence-electron chi connectivity index (χ3n) is 1.92. The number of hydrogen-bond acceptors (Lipinski definition) is 1. The van der Waals surface area contributed by atoms with E-state index in [1.165, 1.54) is 0 Å². The Hall–Kier alpha value is -0.290. The van der Waals surface area contributed by atoms with Crippen molar-refractivity contribution >= 4 is 38.5 Å². The van der Waals surface area contributed by atoms with E-state index in [1.54, 1.807) is 0 Å². The summed E-state index contributed by atoms with van der Waals surface area (Å²) in [4.78, 5) is 0. The monoisotopic (exact) mass is 362 g/mol. The molecule has 0 spiro atoms. The fourth-order valence-electron chi connectivity index (χ4n) is 1.22. The Kier molecular flexibility index (Phi) is 3.28. The Balaban J connectivity index is 2.34. The molecule has 0 radical (unpaired) electrons. The molecule has 0 amide bonds. The number of alkyl halides is 1. The maximum Gasteiger partial charge on any atom is 0.134 e. The van der Waals surface area contributed by atoms with Crippen LogP contribution in [0.5, 0.6) is 0 Å². The first-order valence-corrected chi connectivity index (χ1v) is 6.52. The molecule has 1 heterocycles. The molecule has 0 saturated heterocycles. The van der Waals surface area contributed by atoms with E-state index in [9.17, 15) is 0 Å². The number of benzene rings is 1. The van der Waals surface area contributed by atoms with Gasteiger partial charge in [0.2, 0.25) is 0 Å². The molecular formula is C11H8BrIO. The first kappa shape index (κ1) is 10.2. The Bertz CT molecular complexity index is 419. The summed E-state index contributed by atoms with van der Waals surface area (Å²) in [5.74, 6) is 1.95. The first-order valence-electron chi connectivity index (χ1n) is 4.20. The van der Waals surface area contributed by atoms with Crippen LogP contribution in [-0.2, 0) is 4.43 Å². The third-order valence-corrected chi connectivity index (χ3v) is 3.20. The lowest BCUT2D eigenvalue weighted by atomic mass is 10.2. The Morgan fingerprint density at radius 3 is 2.36 bits per heavy atom. The average Bonchev–Trinajstić information content (AvgIpc) is 2.67. The summed E-state index contributed by atoms with van der Waals surface area (Å²) < 4.78 is 7.63. The molecule has 0 aliphatic carbocycles. The van der Waals surface area contributed by atoms with E-state index in [-0.39, 0.29) is 0 Å². The molecule has 14 heavy (non-hydrogen) atoms. The van der Waals surface area contributed by atoms with E-state index in [4.69, 9.17) is 4.42 Å². The van der Waals surface area contributed by atoms with Crippen LogP contribution in [0.3, 0.4) is 0 Å². The molecule has 0 unspecified atom stereocenters. The van der Waals surface area contributed by atoms with Crippen molar-refractivity contribution in [2.75, 3.05) is 0 Å². The van der Waals surface area contributed by atoms with Gasteiger partial charge in [-0.05, 0) is 24.3 Å². The van der Waals surface area contributed by atoms with Gasteiger partial charge in [0, 0.05) is 10.0 Å². The van der Waals surface area contributed by atoms with Gasteiger partial charge in [0.05, 0.1) is 4.43 Å². The second kappa shape index (κ2) is 4.49. The van der Waals surface area contributed by atoms with E-state index in [1.807, 2.05) is 36.4 Å². The molecule has 3 heteroatoms. The molecule has 0 fully saturated rings. The predicted molar refractivity (Wildman–Crippen MR) is 69.6 cm³/mol. The van der Waals surface area contributed by atoms with Gasteiger partial charge in [-0.25, -0.2) is 0 Å².